The van der Waals surface area contributed by atoms with E-state index in [4.69, 9.17) is 14.2 Å². The standard InChI is InChI=1S/C24H30N2O4/c1-28-20-16-22(29-2)24(23(17-20)30-3)21(27)18-26-14-12-25(13-15-26)11-7-10-19-8-5-4-6-9-19/h4-10,16-17H,11-15,18H2,1-3H3. The van der Waals surface area contributed by atoms with Crippen molar-refractivity contribution < 1.29 is 19.0 Å². The first-order valence-electron chi connectivity index (χ1n) is 10.1. The van der Waals surface area contributed by atoms with E-state index in [1.54, 1.807) is 33.5 Å². The highest BCUT2D eigenvalue weighted by atomic mass is 16.5. The summed E-state index contributed by atoms with van der Waals surface area (Å²) in [7, 11) is 4.67. The Hall–Kier alpha value is -2.83. The molecule has 6 nitrogen and oxygen atoms in total. The Labute approximate surface area is 178 Å². The van der Waals surface area contributed by atoms with Crippen molar-refractivity contribution in [1.82, 2.24) is 9.80 Å². The Morgan fingerprint density at radius 2 is 1.50 bits per heavy atom. The maximum atomic E-state index is 13.0. The van der Waals surface area contributed by atoms with Crippen LogP contribution in [0.15, 0.2) is 48.5 Å². The van der Waals surface area contributed by atoms with Crippen molar-refractivity contribution in [2.75, 3.05) is 60.6 Å². The monoisotopic (exact) mass is 410 g/mol. The average Bonchev–Trinajstić information content (AvgIpc) is 2.79. The second kappa shape index (κ2) is 10.8. The number of methoxy groups -OCH3 is 3. The highest BCUT2D eigenvalue weighted by molar-refractivity contribution is 6.03. The second-order valence-corrected chi connectivity index (χ2v) is 7.22. The lowest BCUT2D eigenvalue weighted by Crippen LogP contribution is -2.47. The molecular formula is C24H30N2O4. The summed E-state index contributed by atoms with van der Waals surface area (Å²) in [6, 6.07) is 13.7. The number of rotatable bonds is 9. The number of piperazine rings is 1. The maximum absolute atomic E-state index is 13.0. The number of carbonyl (C=O) groups is 1. The Kier molecular flexibility index (Phi) is 7.88. The summed E-state index contributed by atoms with van der Waals surface area (Å²) in [4.78, 5) is 17.6. The van der Waals surface area contributed by atoms with E-state index in [1.807, 2.05) is 18.2 Å². The van der Waals surface area contributed by atoms with E-state index in [1.165, 1.54) is 5.56 Å². The zero-order valence-corrected chi connectivity index (χ0v) is 18.0. The van der Waals surface area contributed by atoms with Crippen LogP contribution >= 0.6 is 0 Å². The van der Waals surface area contributed by atoms with E-state index in [-0.39, 0.29) is 5.78 Å². The number of ether oxygens (including phenoxy) is 3. The van der Waals surface area contributed by atoms with Gasteiger partial charge in [-0.3, -0.25) is 14.6 Å². The van der Waals surface area contributed by atoms with Crippen LogP contribution < -0.4 is 14.2 Å². The fourth-order valence-electron chi connectivity index (χ4n) is 3.59. The molecule has 0 aromatic heterocycles. The van der Waals surface area contributed by atoms with Gasteiger partial charge in [-0.25, -0.2) is 0 Å². The fraction of sp³-hybridized carbons (Fsp3) is 0.375. The minimum absolute atomic E-state index is 0.0104. The van der Waals surface area contributed by atoms with Crippen molar-refractivity contribution in [2.45, 2.75) is 0 Å². The second-order valence-electron chi connectivity index (χ2n) is 7.22. The van der Waals surface area contributed by atoms with Gasteiger partial charge < -0.3 is 14.2 Å². The first kappa shape index (κ1) is 21.9. The number of hydrogen-bond donors (Lipinski definition) is 0. The van der Waals surface area contributed by atoms with Crippen LogP contribution in [0.5, 0.6) is 17.2 Å². The van der Waals surface area contributed by atoms with Gasteiger partial charge in [-0.05, 0) is 5.56 Å². The third kappa shape index (κ3) is 5.62. The smallest absolute Gasteiger partial charge is 0.184 e. The Morgan fingerprint density at radius 3 is 2.07 bits per heavy atom. The quantitative estimate of drug-likeness (QED) is 0.592. The maximum Gasteiger partial charge on any atom is 0.184 e. The molecule has 1 heterocycles. The zero-order chi connectivity index (χ0) is 21.3. The SMILES string of the molecule is COc1cc(OC)c(C(=O)CN2CCN(CC=Cc3ccccc3)CC2)c(OC)c1. The highest BCUT2D eigenvalue weighted by Gasteiger charge is 2.24. The van der Waals surface area contributed by atoms with E-state index in [9.17, 15) is 4.79 Å². The molecule has 0 N–H and O–H groups in total. The lowest BCUT2D eigenvalue weighted by atomic mass is 10.1. The van der Waals surface area contributed by atoms with Gasteiger partial charge in [0.25, 0.3) is 0 Å². The highest BCUT2D eigenvalue weighted by Crippen LogP contribution is 2.34. The van der Waals surface area contributed by atoms with Crippen LogP contribution in [0.1, 0.15) is 15.9 Å². The van der Waals surface area contributed by atoms with Crippen molar-refractivity contribution in [1.29, 1.82) is 0 Å². The van der Waals surface area contributed by atoms with Gasteiger partial charge in [0.1, 0.15) is 22.8 Å². The van der Waals surface area contributed by atoms with Crippen LogP contribution in [0.2, 0.25) is 0 Å². The molecule has 30 heavy (non-hydrogen) atoms. The number of carbonyl (C=O) groups excluding carboxylic acids is 1. The summed E-state index contributed by atoms with van der Waals surface area (Å²) in [5.41, 5.74) is 1.68. The average molecular weight is 411 g/mol. The predicted octanol–water partition coefficient (Wildman–Crippen LogP) is 3.23. The molecule has 1 aliphatic heterocycles. The summed E-state index contributed by atoms with van der Waals surface area (Å²) < 4.78 is 16.1. The molecule has 2 aromatic carbocycles. The molecular weight excluding hydrogens is 380 g/mol. The molecule has 160 valence electrons. The molecule has 0 bridgehead atoms. The van der Waals surface area contributed by atoms with Crippen LogP contribution in [0.3, 0.4) is 0 Å². The molecule has 0 amide bonds. The largest absolute Gasteiger partial charge is 0.496 e. The van der Waals surface area contributed by atoms with Gasteiger partial charge >= 0.3 is 0 Å². The van der Waals surface area contributed by atoms with Crippen LogP contribution in [-0.2, 0) is 0 Å². The zero-order valence-electron chi connectivity index (χ0n) is 18.0. The molecule has 0 spiro atoms. The summed E-state index contributed by atoms with van der Waals surface area (Å²) >= 11 is 0. The first-order valence-corrected chi connectivity index (χ1v) is 10.1. The van der Waals surface area contributed by atoms with Gasteiger partial charge in [-0.15, -0.1) is 0 Å². The summed E-state index contributed by atoms with van der Waals surface area (Å²) in [6.07, 6.45) is 4.35. The minimum Gasteiger partial charge on any atom is -0.496 e. The minimum atomic E-state index is -0.0104. The summed E-state index contributed by atoms with van der Waals surface area (Å²) in [5, 5.41) is 0. The lowest BCUT2D eigenvalue weighted by Gasteiger charge is -2.33. The normalized spacial score (nSPS) is 15.3. The van der Waals surface area contributed by atoms with Gasteiger partial charge in [-0.2, -0.15) is 0 Å². The molecule has 0 radical (unpaired) electrons. The molecule has 0 saturated carbocycles. The van der Waals surface area contributed by atoms with E-state index >= 15 is 0 Å². The molecule has 0 aliphatic carbocycles. The van der Waals surface area contributed by atoms with Gasteiger partial charge in [-0.1, -0.05) is 42.5 Å². The van der Waals surface area contributed by atoms with Gasteiger partial charge in [0.05, 0.1) is 27.9 Å². The first-order chi connectivity index (χ1) is 14.6. The van der Waals surface area contributed by atoms with Crippen LogP contribution in [-0.4, -0.2) is 76.2 Å². The van der Waals surface area contributed by atoms with E-state index in [0.29, 0.717) is 29.4 Å². The van der Waals surface area contributed by atoms with Crippen LogP contribution in [0.25, 0.3) is 6.08 Å². The fourth-order valence-corrected chi connectivity index (χ4v) is 3.59. The summed E-state index contributed by atoms with van der Waals surface area (Å²) in [5.74, 6) is 1.53. The molecule has 1 aliphatic rings. The predicted molar refractivity (Wildman–Crippen MR) is 119 cm³/mol. The molecule has 1 saturated heterocycles. The Bertz CT molecular complexity index is 834. The number of nitrogens with zero attached hydrogens (tertiary/aromatic N) is 2. The number of ketones is 1. The number of hydrogen-bond acceptors (Lipinski definition) is 6. The van der Waals surface area contributed by atoms with Crippen molar-refractivity contribution in [3.63, 3.8) is 0 Å². The molecule has 3 rings (SSSR count). The van der Waals surface area contributed by atoms with E-state index < -0.39 is 0 Å². The molecule has 6 heteroatoms. The molecule has 1 fully saturated rings. The van der Waals surface area contributed by atoms with Crippen molar-refractivity contribution in [3.8, 4) is 17.2 Å². The van der Waals surface area contributed by atoms with E-state index in [2.05, 4.69) is 34.1 Å². The Balaban J connectivity index is 1.55. The third-order valence-corrected chi connectivity index (χ3v) is 5.30. The number of Topliss-reactive ketones (excluding diaryl/α,β-unsaturated/α-hetero) is 1. The van der Waals surface area contributed by atoms with Crippen molar-refractivity contribution in [2.24, 2.45) is 0 Å². The lowest BCUT2D eigenvalue weighted by molar-refractivity contribution is 0.0859. The van der Waals surface area contributed by atoms with Gasteiger partial charge in [0.15, 0.2) is 5.78 Å². The van der Waals surface area contributed by atoms with Crippen molar-refractivity contribution >= 4 is 11.9 Å². The Morgan fingerprint density at radius 1 is 0.900 bits per heavy atom. The van der Waals surface area contributed by atoms with Gasteiger partial charge in [0, 0.05) is 44.9 Å². The van der Waals surface area contributed by atoms with Gasteiger partial charge in [0.2, 0.25) is 0 Å². The van der Waals surface area contributed by atoms with Crippen LogP contribution in [0, 0.1) is 0 Å². The third-order valence-electron chi connectivity index (χ3n) is 5.30. The topological polar surface area (TPSA) is 51.2 Å². The number of benzene rings is 2. The molecule has 2 aromatic rings. The summed E-state index contributed by atoms with van der Waals surface area (Å²) in [6.45, 7) is 4.83. The molecule has 0 unspecified atom stereocenters. The van der Waals surface area contributed by atoms with E-state index in [0.717, 1.165) is 32.7 Å². The van der Waals surface area contributed by atoms with Crippen molar-refractivity contribution in [3.05, 3.63) is 59.7 Å². The molecule has 0 atom stereocenters. The van der Waals surface area contributed by atoms with Crippen LogP contribution in [0.4, 0.5) is 0 Å².